The minimum absolute atomic E-state index is 0.0885. The average molecular weight is 284 g/mol. The fraction of sp³-hybridized carbons (Fsp3) is 0.278. The Morgan fingerprint density at radius 2 is 1.86 bits per heavy atom. The molecule has 0 fully saturated rings. The molecule has 0 bridgehead atoms. The summed E-state index contributed by atoms with van der Waals surface area (Å²) in [7, 11) is 0. The lowest BCUT2D eigenvalue weighted by atomic mass is 9.85. The van der Waals surface area contributed by atoms with E-state index in [4.69, 9.17) is 9.47 Å². The molecular formula is C18H20O3. The molecule has 21 heavy (non-hydrogen) atoms. The zero-order chi connectivity index (χ0) is 15.2. The molecule has 1 aromatic carbocycles. The molecule has 1 aliphatic carbocycles. The van der Waals surface area contributed by atoms with Crippen LogP contribution in [0.5, 0.6) is 0 Å². The van der Waals surface area contributed by atoms with E-state index in [0.717, 1.165) is 0 Å². The maximum Gasteiger partial charge on any atom is 0.513 e. The summed E-state index contributed by atoms with van der Waals surface area (Å²) < 4.78 is 10.0. The topological polar surface area (TPSA) is 35.5 Å². The molecule has 2 rings (SSSR count). The molecule has 0 amide bonds. The van der Waals surface area contributed by atoms with Crippen LogP contribution in [0.1, 0.15) is 32.3 Å². The van der Waals surface area contributed by atoms with Crippen molar-refractivity contribution in [3.8, 4) is 0 Å². The lowest BCUT2D eigenvalue weighted by Crippen LogP contribution is -2.10. The van der Waals surface area contributed by atoms with Crippen molar-refractivity contribution in [2.45, 2.75) is 26.7 Å². The Kier molecular flexibility index (Phi) is 4.99. The molecule has 1 aliphatic rings. The zero-order valence-electron chi connectivity index (χ0n) is 12.6. The number of rotatable bonds is 3. The first-order chi connectivity index (χ1) is 10.1. The van der Waals surface area contributed by atoms with Crippen molar-refractivity contribution in [3.63, 3.8) is 0 Å². The van der Waals surface area contributed by atoms with Crippen molar-refractivity contribution in [2.75, 3.05) is 6.61 Å². The summed E-state index contributed by atoms with van der Waals surface area (Å²) in [6.45, 7) is 6.22. The van der Waals surface area contributed by atoms with Crippen LogP contribution < -0.4 is 0 Å². The molecule has 110 valence electrons. The molecule has 0 aliphatic heterocycles. The van der Waals surface area contributed by atoms with E-state index in [9.17, 15) is 4.79 Å². The second-order valence-electron chi connectivity index (χ2n) is 5.03. The molecule has 0 heterocycles. The van der Waals surface area contributed by atoms with Gasteiger partial charge in [0.2, 0.25) is 0 Å². The van der Waals surface area contributed by atoms with Crippen LogP contribution >= 0.6 is 0 Å². The fourth-order valence-electron chi connectivity index (χ4n) is 2.31. The van der Waals surface area contributed by atoms with Gasteiger partial charge in [0.15, 0.2) is 0 Å². The first kappa shape index (κ1) is 15.1. The van der Waals surface area contributed by atoms with Gasteiger partial charge in [-0.1, -0.05) is 42.0 Å². The van der Waals surface area contributed by atoms with E-state index >= 15 is 0 Å². The van der Waals surface area contributed by atoms with Crippen molar-refractivity contribution >= 4 is 6.16 Å². The molecule has 3 nitrogen and oxygen atoms in total. The van der Waals surface area contributed by atoms with Gasteiger partial charge in [-0.2, -0.15) is 0 Å². The number of hydrogen-bond donors (Lipinski definition) is 0. The van der Waals surface area contributed by atoms with Gasteiger partial charge in [0.05, 0.1) is 6.61 Å². The van der Waals surface area contributed by atoms with Gasteiger partial charge >= 0.3 is 6.16 Å². The summed E-state index contributed by atoms with van der Waals surface area (Å²) in [6.07, 6.45) is 5.09. The van der Waals surface area contributed by atoms with Gasteiger partial charge in [-0.15, -0.1) is 0 Å². The molecule has 1 aromatic rings. The number of benzene rings is 1. The summed E-state index contributed by atoms with van der Waals surface area (Å²) in [5.41, 5.74) is 3.63. The first-order valence-electron chi connectivity index (χ1n) is 7.08. The van der Waals surface area contributed by atoms with Crippen LogP contribution in [0.2, 0.25) is 0 Å². The number of allylic oxidation sites excluding steroid dienone is 5. The van der Waals surface area contributed by atoms with E-state index in [-0.39, 0.29) is 5.92 Å². The van der Waals surface area contributed by atoms with Crippen LogP contribution in [0.3, 0.4) is 0 Å². The van der Waals surface area contributed by atoms with Crippen LogP contribution in [0.15, 0.2) is 65.5 Å². The number of hydrogen-bond acceptors (Lipinski definition) is 3. The van der Waals surface area contributed by atoms with Gasteiger partial charge < -0.3 is 9.47 Å². The molecule has 0 saturated carbocycles. The van der Waals surface area contributed by atoms with Gasteiger partial charge in [0.1, 0.15) is 5.76 Å². The van der Waals surface area contributed by atoms with Crippen molar-refractivity contribution in [2.24, 2.45) is 0 Å². The van der Waals surface area contributed by atoms with Crippen LogP contribution in [-0.2, 0) is 9.47 Å². The monoisotopic (exact) mass is 284 g/mol. The Hall–Kier alpha value is -2.29. The summed E-state index contributed by atoms with van der Waals surface area (Å²) in [6, 6.07) is 10.2. The summed E-state index contributed by atoms with van der Waals surface area (Å²) in [4.78, 5) is 11.4. The Morgan fingerprint density at radius 1 is 1.14 bits per heavy atom. The average Bonchev–Trinajstić information content (AvgIpc) is 2.48. The highest BCUT2D eigenvalue weighted by atomic mass is 16.7. The van der Waals surface area contributed by atoms with E-state index in [2.05, 4.69) is 26.0 Å². The molecule has 1 atom stereocenters. The van der Waals surface area contributed by atoms with Crippen LogP contribution in [0, 0.1) is 0 Å². The zero-order valence-corrected chi connectivity index (χ0v) is 12.6. The van der Waals surface area contributed by atoms with Crippen LogP contribution in [0.25, 0.3) is 0 Å². The van der Waals surface area contributed by atoms with E-state index in [1.807, 2.05) is 30.4 Å². The molecule has 0 radical (unpaired) electrons. The predicted molar refractivity (Wildman–Crippen MR) is 82.9 cm³/mol. The van der Waals surface area contributed by atoms with E-state index in [1.54, 1.807) is 13.0 Å². The molecule has 1 unspecified atom stereocenters. The SMILES string of the molecule is CCOC(=O)OC1=CC(c2ccccc2)C(=C(C)C)C=C1. The maximum absolute atomic E-state index is 11.4. The number of ether oxygens (including phenoxy) is 2. The van der Waals surface area contributed by atoms with Crippen molar-refractivity contribution in [1.29, 1.82) is 0 Å². The summed E-state index contributed by atoms with van der Waals surface area (Å²) in [5.74, 6) is 0.609. The van der Waals surface area contributed by atoms with Gasteiger partial charge in [-0.25, -0.2) is 4.79 Å². The second kappa shape index (κ2) is 6.93. The lowest BCUT2D eigenvalue weighted by Gasteiger charge is -2.21. The Labute approximate surface area is 125 Å². The van der Waals surface area contributed by atoms with Crippen molar-refractivity contribution < 1.29 is 14.3 Å². The third kappa shape index (κ3) is 3.85. The van der Waals surface area contributed by atoms with Gasteiger partial charge in [0, 0.05) is 5.92 Å². The van der Waals surface area contributed by atoms with Crippen LogP contribution in [-0.4, -0.2) is 12.8 Å². The third-order valence-corrected chi connectivity index (χ3v) is 3.29. The highest BCUT2D eigenvalue weighted by Crippen LogP contribution is 2.34. The third-order valence-electron chi connectivity index (χ3n) is 3.29. The normalized spacial score (nSPS) is 17.2. The van der Waals surface area contributed by atoms with Crippen molar-refractivity contribution in [1.82, 2.24) is 0 Å². The van der Waals surface area contributed by atoms with E-state index in [0.29, 0.717) is 12.4 Å². The first-order valence-corrected chi connectivity index (χ1v) is 7.08. The smallest absolute Gasteiger partial charge is 0.434 e. The largest absolute Gasteiger partial charge is 0.513 e. The van der Waals surface area contributed by atoms with Crippen LogP contribution in [0.4, 0.5) is 4.79 Å². The summed E-state index contributed by atoms with van der Waals surface area (Å²) in [5, 5.41) is 0. The molecule has 0 N–H and O–H groups in total. The summed E-state index contributed by atoms with van der Waals surface area (Å²) >= 11 is 0. The standard InChI is InChI=1S/C18H20O3/c1-4-20-18(19)21-15-10-11-16(13(2)3)17(12-15)14-8-6-5-7-9-14/h5-12,17H,4H2,1-3H3. The van der Waals surface area contributed by atoms with Gasteiger partial charge in [0.25, 0.3) is 0 Å². The molecule has 0 saturated heterocycles. The maximum atomic E-state index is 11.4. The van der Waals surface area contributed by atoms with Gasteiger partial charge in [-0.3, -0.25) is 0 Å². The molecule has 0 aromatic heterocycles. The minimum Gasteiger partial charge on any atom is -0.434 e. The minimum atomic E-state index is -0.666. The number of carbonyl (C=O) groups excluding carboxylic acids is 1. The molecule has 3 heteroatoms. The van der Waals surface area contributed by atoms with E-state index in [1.165, 1.54) is 16.7 Å². The Morgan fingerprint density at radius 3 is 2.48 bits per heavy atom. The Balaban J connectivity index is 2.29. The lowest BCUT2D eigenvalue weighted by molar-refractivity contribution is 0.0837. The molecule has 0 spiro atoms. The highest BCUT2D eigenvalue weighted by Gasteiger charge is 2.19. The quantitative estimate of drug-likeness (QED) is 0.752. The second-order valence-corrected chi connectivity index (χ2v) is 5.03. The van der Waals surface area contributed by atoms with Crippen molar-refractivity contribution in [3.05, 3.63) is 71.0 Å². The predicted octanol–water partition coefficient (Wildman–Crippen LogP) is 4.73. The highest BCUT2D eigenvalue weighted by molar-refractivity contribution is 5.63. The fourth-order valence-corrected chi connectivity index (χ4v) is 2.31. The molecular weight excluding hydrogens is 264 g/mol. The Bertz CT molecular complexity index is 590. The number of carbonyl (C=O) groups is 1. The van der Waals surface area contributed by atoms with E-state index < -0.39 is 6.16 Å². The van der Waals surface area contributed by atoms with Gasteiger partial charge in [-0.05, 0) is 44.1 Å².